The minimum atomic E-state index is -0.395. The molecule has 2 heterocycles. The summed E-state index contributed by atoms with van der Waals surface area (Å²) in [4.78, 5) is 16.2. The number of carbonyl (C=O) groups excluding carboxylic acids is 1. The van der Waals surface area contributed by atoms with Crippen LogP contribution in [0.3, 0.4) is 0 Å². The molecule has 1 aliphatic rings. The molecule has 2 atom stereocenters. The summed E-state index contributed by atoms with van der Waals surface area (Å²) in [7, 11) is 0. The van der Waals surface area contributed by atoms with Crippen LogP contribution in [0.4, 0.5) is 0 Å². The molecule has 0 saturated heterocycles. The van der Waals surface area contributed by atoms with Gasteiger partial charge in [0.15, 0.2) is 0 Å². The van der Waals surface area contributed by atoms with Crippen molar-refractivity contribution in [3.63, 3.8) is 0 Å². The van der Waals surface area contributed by atoms with E-state index in [1.807, 2.05) is 18.5 Å². The first-order valence-corrected chi connectivity index (χ1v) is 6.56. The van der Waals surface area contributed by atoms with Gasteiger partial charge in [0.2, 0.25) is 5.91 Å². The van der Waals surface area contributed by atoms with Crippen LogP contribution in [-0.2, 0) is 17.8 Å². The first kappa shape index (κ1) is 13.0. The number of hydrogen-bond donors (Lipinski definition) is 2. The molecule has 6 heteroatoms. The molecule has 6 nitrogen and oxygen atoms in total. The lowest BCUT2D eigenvalue weighted by molar-refractivity contribution is -0.123. The molecule has 0 fully saturated rings. The molecule has 0 radical (unpaired) electrons. The van der Waals surface area contributed by atoms with Gasteiger partial charge >= 0.3 is 0 Å². The Hall–Kier alpha value is -1.43. The average Bonchev–Trinajstić information content (AvgIpc) is 2.68. The average molecular weight is 251 g/mol. The summed E-state index contributed by atoms with van der Waals surface area (Å²) in [6.45, 7) is 4.61. The normalized spacial score (nSPS) is 20.3. The van der Waals surface area contributed by atoms with Crippen molar-refractivity contribution in [2.75, 3.05) is 0 Å². The van der Waals surface area contributed by atoms with Crippen LogP contribution in [0.1, 0.15) is 37.8 Å². The van der Waals surface area contributed by atoms with E-state index in [9.17, 15) is 4.79 Å². The van der Waals surface area contributed by atoms with Gasteiger partial charge in [0.1, 0.15) is 11.6 Å². The first-order chi connectivity index (χ1) is 8.60. The largest absolute Gasteiger partial charge is 0.350 e. The van der Waals surface area contributed by atoms with E-state index in [1.54, 1.807) is 0 Å². The summed E-state index contributed by atoms with van der Waals surface area (Å²) < 4.78 is 1.88. The van der Waals surface area contributed by atoms with Crippen LogP contribution in [0.5, 0.6) is 0 Å². The number of aromatic nitrogens is 3. The summed E-state index contributed by atoms with van der Waals surface area (Å²) >= 11 is 0. The van der Waals surface area contributed by atoms with Gasteiger partial charge in [-0.1, -0.05) is 13.3 Å². The van der Waals surface area contributed by atoms with Crippen molar-refractivity contribution in [1.82, 2.24) is 20.1 Å². The second-order valence-corrected chi connectivity index (χ2v) is 4.90. The minimum Gasteiger partial charge on any atom is -0.350 e. The molecule has 18 heavy (non-hydrogen) atoms. The van der Waals surface area contributed by atoms with Crippen LogP contribution in [-0.4, -0.2) is 32.8 Å². The zero-order valence-corrected chi connectivity index (χ0v) is 11.0. The second-order valence-electron chi connectivity index (χ2n) is 4.90. The Kier molecular flexibility index (Phi) is 3.96. The summed E-state index contributed by atoms with van der Waals surface area (Å²) in [6.07, 6.45) is 3.41. The van der Waals surface area contributed by atoms with E-state index in [2.05, 4.69) is 15.4 Å². The first-order valence-electron chi connectivity index (χ1n) is 6.56. The molecule has 1 aromatic rings. The minimum absolute atomic E-state index is 0.0536. The van der Waals surface area contributed by atoms with Crippen LogP contribution in [0.2, 0.25) is 0 Å². The molecule has 0 aliphatic carbocycles. The maximum Gasteiger partial charge on any atom is 0.237 e. The van der Waals surface area contributed by atoms with Gasteiger partial charge in [-0.05, 0) is 19.8 Å². The van der Waals surface area contributed by atoms with Gasteiger partial charge in [0.25, 0.3) is 0 Å². The van der Waals surface area contributed by atoms with Crippen molar-refractivity contribution >= 4 is 5.91 Å². The van der Waals surface area contributed by atoms with Gasteiger partial charge in [-0.25, -0.2) is 9.67 Å². The number of aryl methyl sites for hydroxylation is 2. The van der Waals surface area contributed by atoms with E-state index in [1.165, 1.54) is 0 Å². The highest BCUT2D eigenvalue weighted by molar-refractivity contribution is 5.81. The monoisotopic (exact) mass is 251 g/mol. The molecule has 0 aromatic carbocycles. The zero-order chi connectivity index (χ0) is 13.1. The lowest BCUT2D eigenvalue weighted by atomic mass is 10.1. The van der Waals surface area contributed by atoms with Crippen LogP contribution in [0.25, 0.3) is 0 Å². The van der Waals surface area contributed by atoms with E-state index >= 15 is 0 Å². The summed E-state index contributed by atoms with van der Waals surface area (Å²) in [5.41, 5.74) is 5.80. The van der Waals surface area contributed by atoms with Gasteiger partial charge in [-0.15, -0.1) is 0 Å². The highest BCUT2D eigenvalue weighted by Crippen LogP contribution is 2.13. The fourth-order valence-corrected chi connectivity index (χ4v) is 2.30. The lowest BCUT2D eigenvalue weighted by Gasteiger charge is -2.24. The fraction of sp³-hybridized carbons (Fsp3) is 0.750. The van der Waals surface area contributed by atoms with E-state index < -0.39 is 6.04 Å². The van der Waals surface area contributed by atoms with Crippen molar-refractivity contribution in [1.29, 1.82) is 0 Å². The third-order valence-electron chi connectivity index (χ3n) is 3.25. The van der Waals surface area contributed by atoms with E-state index in [4.69, 9.17) is 5.73 Å². The van der Waals surface area contributed by atoms with Crippen molar-refractivity contribution in [3.05, 3.63) is 11.6 Å². The summed E-state index contributed by atoms with van der Waals surface area (Å²) in [6, 6.07) is -0.275. The Bertz CT molecular complexity index is 428. The predicted molar refractivity (Wildman–Crippen MR) is 67.9 cm³/mol. The number of nitrogens with two attached hydrogens (primary N) is 1. The van der Waals surface area contributed by atoms with Gasteiger partial charge in [-0.2, -0.15) is 5.10 Å². The van der Waals surface area contributed by atoms with Crippen LogP contribution in [0, 0.1) is 6.92 Å². The standard InChI is InChI=1S/C12H21N5O/c1-3-4-10(13)12(18)15-9-5-6-11-14-8(2)16-17(11)7-9/h9-10H,3-7,13H2,1-2H3,(H,15,18). The highest BCUT2D eigenvalue weighted by atomic mass is 16.2. The SMILES string of the molecule is CCCC(N)C(=O)NC1CCc2nc(C)nn2C1. The van der Waals surface area contributed by atoms with E-state index in [0.29, 0.717) is 6.54 Å². The quantitative estimate of drug-likeness (QED) is 0.797. The van der Waals surface area contributed by atoms with Gasteiger partial charge < -0.3 is 11.1 Å². The Balaban J connectivity index is 1.91. The maximum atomic E-state index is 11.8. The highest BCUT2D eigenvalue weighted by Gasteiger charge is 2.23. The molecule has 3 N–H and O–H groups in total. The summed E-state index contributed by atoms with van der Waals surface area (Å²) in [5, 5.41) is 7.31. The molecule has 0 spiro atoms. The molecule has 1 amide bonds. The molecule has 2 rings (SSSR count). The number of nitrogens with one attached hydrogen (secondary N) is 1. The van der Waals surface area contributed by atoms with Gasteiger partial charge in [-0.3, -0.25) is 4.79 Å². The number of amides is 1. The van der Waals surface area contributed by atoms with Crippen LogP contribution < -0.4 is 11.1 Å². The summed E-state index contributed by atoms with van der Waals surface area (Å²) in [5.74, 6) is 1.75. The molecule has 0 saturated carbocycles. The molecule has 1 aromatic heterocycles. The molecular formula is C12H21N5O. The van der Waals surface area contributed by atoms with Crippen molar-refractivity contribution < 1.29 is 4.79 Å². The van der Waals surface area contributed by atoms with Gasteiger partial charge in [0.05, 0.1) is 12.6 Å². The Morgan fingerprint density at radius 2 is 2.44 bits per heavy atom. The predicted octanol–water partition coefficient (Wildman–Crippen LogP) is 0.145. The maximum absolute atomic E-state index is 11.8. The van der Waals surface area contributed by atoms with Gasteiger partial charge in [0, 0.05) is 12.5 Å². The molecular weight excluding hydrogens is 230 g/mol. The Morgan fingerprint density at radius 1 is 1.67 bits per heavy atom. The molecule has 1 aliphatic heterocycles. The topological polar surface area (TPSA) is 85.8 Å². The molecule has 100 valence electrons. The van der Waals surface area contributed by atoms with E-state index in [0.717, 1.165) is 37.3 Å². The number of hydrogen-bond acceptors (Lipinski definition) is 4. The third kappa shape index (κ3) is 2.87. The third-order valence-corrected chi connectivity index (χ3v) is 3.25. The van der Waals surface area contributed by atoms with Crippen LogP contribution >= 0.6 is 0 Å². The Labute approximate surface area is 107 Å². The number of fused-ring (bicyclic) bond motifs is 1. The van der Waals surface area contributed by atoms with Crippen LogP contribution in [0.15, 0.2) is 0 Å². The van der Waals surface area contributed by atoms with Crippen molar-refractivity contribution in [2.45, 2.75) is 58.2 Å². The fourth-order valence-electron chi connectivity index (χ4n) is 2.30. The second kappa shape index (κ2) is 5.48. The Morgan fingerprint density at radius 3 is 3.17 bits per heavy atom. The number of carbonyl (C=O) groups is 1. The number of nitrogens with zero attached hydrogens (tertiary/aromatic N) is 3. The van der Waals surface area contributed by atoms with E-state index in [-0.39, 0.29) is 11.9 Å². The molecule has 0 bridgehead atoms. The van der Waals surface area contributed by atoms with Crippen molar-refractivity contribution in [2.24, 2.45) is 5.73 Å². The number of rotatable bonds is 4. The lowest BCUT2D eigenvalue weighted by Crippen LogP contribution is -2.48. The smallest absolute Gasteiger partial charge is 0.237 e. The molecule has 2 unspecified atom stereocenters. The zero-order valence-electron chi connectivity index (χ0n) is 11.0. The van der Waals surface area contributed by atoms with Crippen molar-refractivity contribution in [3.8, 4) is 0 Å².